The van der Waals surface area contributed by atoms with Crippen molar-refractivity contribution >= 4 is 12.3 Å². The zero-order valence-corrected chi connectivity index (χ0v) is 11.3. The maximum Gasteiger partial charge on any atom is 0.307 e. The van der Waals surface area contributed by atoms with Crippen LogP contribution in [0.5, 0.6) is 0 Å². The number of aromatic nitrogens is 3. The molecule has 2 heterocycles. The highest BCUT2D eigenvalue weighted by Gasteiger charge is 2.18. The number of aldehydes is 1. The number of carboxylic acids is 1. The van der Waals surface area contributed by atoms with E-state index in [0.717, 1.165) is 0 Å². The predicted molar refractivity (Wildman–Crippen MR) is 75.8 cm³/mol. The smallest absolute Gasteiger partial charge is 0.307 e. The Bertz CT molecular complexity index is 804. The SMILES string of the molecule is O=Cc1nnn(-c2ccc(CC(=O)O)cc2)c1-c1ccco1. The summed E-state index contributed by atoms with van der Waals surface area (Å²) < 4.78 is 6.80. The van der Waals surface area contributed by atoms with E-state index in [2.05, 4.69) is 10.3 Å². The molecule has 0 atom stereocenters. The van der Waals surface area contributed by atoms with Crippen LogP contribution in [0.15, 0.2) is 47.1 Å². The van der Waals surface area contributed by atoms with Gasteiger partial charge in [0.1, 0.15) is 5.69 Å². The summed E-state index contributed by atoms with van der Waals surface area (Å²) in [6.07, 6.45) is 2.06. The van der Waals surface area contributed by atoms with Crippen molar-refractivity contribution in [3.05, 3.63) is 53.9 Å². The van der Waals surface area contributed by atoms with Crippen LogP contribution in [0.2, 0.25) is 0 Å². The van der Waals surface area contributed by atoms with Crippen molar-refractivity contribution in [2.75, 3.05) is 0 Å². The van der Waals surface area contributed by atoms with Crippen molar-refractivity contribution in [2.24, 2.45) is 0 Å². The predicted octanol–water partition coefficient (Wildman–Crippen LogP) is 1.97. The van der Waals surface area contributed by atoms with Gasteiger partial charge in [0.2, 0.25) is 0 Å². The van der Waals surface area contributed by atoms with Crippen molar-refractivity contribution in [1.29, 1.82) is 0 Å². The summed E-state index contributed by atoms with van der Waals surface area (Å²) >= 11 is 0. The van der Waals surface area contributed by atoms with Gasteiger partial charge in [-0.2, -0.15) is 0 Å². The first-order valence-corrected chi connectivity index (χ1v) is 6.45. The lowest BCUT2D eigenvalue weighted by Crippen LogP contribution is -2.02. The number of aliphatic carboxylic acids is 1. The summed E-state index contributed by atoms with van der Waals surface area (Å²) in [6, 6.07) is 10.2. The molecule has 1 aromatic carbocycles. The number of carbonyl (C=O) groups excluding carboxylic acids is 1. The van der Waals surface area contributed by atoms with E-state index in [1.807, 2.05) is 0 Å². The topological polar surface area (TPSA) is 98.2 Å². The van der Waals surface area contributed by atoms with Gasteiger partial charge in [-0.3, -0.25) is 9.59 Å². The van der Waals surface area contributed by atoms with Crippen molar-refractivity contribution in [3.63, 3.8) is 0 Å². The Labute approximate surface area is 124 Å². The molecule has 0 fully saturated rings. The second kappa shape index (κ2) is 5.65. The number of nitrogens with zero attached hydrogens (tertiary/aromatic N) is 3. The second-order valence-electron chi connectivity index (χ2n) is 4.57. The molecule has 0 spiro atoms. The number of furan rings is 1. The number of hydrogen-bond donors (Lipinski definition) is 1. The minimum atomic E-state index is -0.895. The van der Waals surface area contributed by atoms with Gasteiger partial charge in [-0.1, -0.05) is 17.3 Å². The Kier molecular flexibility index (Phi) is 3.53. The fourth-order valence-electron chi connectivity index (χ4n) is 2.13. The average Bonchev–Trinajstić information content (AvgIpc) is 3.16. The lowest BCUT2D eigenvalue weighted by molar-refractivity contribution is -0.136. The Morgan fingerprint density at radius 2 is 2.05 bits per heavy atom. The van der Waals surface area contributed by atoms with Crippen LogP contribution in [0, 0.1) is 0 Å². The Morgan fingerprint density at radius 1 is 1.27 bits per heavy atom. The molecule has 7 nitrogen and oxygen atoms in total. The molecule has 0 aliphatic heterocycles. The van der Waals surface area contributed by atoms with Gasteiger partial charge in [0.15, 0.2) is 17.7 Å². The lowest BCUT2D eigenvalue weighted by atomic mass is 10.1. The van der Waals surface area contributed by atoms with Crippen LogP contribution >= 0.6 is 0 Å². The van der Waals surface area contributed by atoms with Gasteiger partial charge in [-0.05, 0) is 29.8 Å². The molecule has 0 unspecified atom stereocenters. The molecular weight excluding hydrogens is 286 g/mol. The largest absolute Gasteiger partial charge is 0.481 e. The van der Waals surface area contributed by atoms with Gasteiger partial charge in [0, 0.05) is 0 Å². The van der Waals surface area contributed by atoms with Gasteiger partial charge in [-0.15, -0.1) is 5.10 Å². The van der Waals surface area contributed by atoms with Crippen LogP contribution in [0.25, 0.3) is 17.1 Å². The molecule has 2 aromatic heterocycles. The first kappa shape index (κ1) is 13.7. The molecule has 3 aromatic rings. The fraction of sp³-hybridized carbons (Fsp3) is 0.0667. The summed E-state index contributed by atoms with van der Waals surface area (Å²) in [4.78, 5) is 21.8. The van der Waals surface area contributed by atoms with E-state index >= 15 is 0 Å². The van der Waals surface area contributed by atoms with Crippen LogP contribution in [0.1, 0.15) is 16.1 Å². The third-order valence-corrected chi connectivity index (χ3v) is 3.10. The van der Waals surface area contributed by atoms with Crippen molar-refractivity contribution in [3.8, 4) is 17.1 Å². The average molecular weight is 297 g/mol. The fourth-order valence-corrected chi connectivity index (χ4v) is 2.13. The molecule has 0 aliphatic rings. The highest BCUT2D eigenvalue weighted by Crippen LogP contribution is 2.25. The number of carbonyl (C=O) groups is 2. The first-order chi connectivity index (χ1) is 10.7. The van der Waals surface area contributed by atoms with Gasteiger partial charge in [0.25, 0.3) is 0 Å². The van der Waals surface area contributed by atoms with Gasteiger partial charge in [-0.25, -0.2) is 4.68 Å². The molecule has 0 amide bonds. The molecular formula is C15H11N3O4. The summed E-state index contributed by atoms with van der Waals surface area (Å²) in [7, 11) is 0. The van der Waals surface area contributed by atoms with Crippen molar-refractivity contribution < 1.29 is 19.1 Å². The van der Waals surface area contributed by atoms with E-state index < -0.39 is 5.97 Å². The van der Waals surface area contributed by atoms with E-state index in [1.165, 1.54) is 10.9 Å². The highest BCUT2D eigenvalue weighted by atomic mass is 16.4. The molecule has 0 saturated heterocycles. The molecule has 0 saturated carbocycles. The normalized spacial score (nSPS) is 10.5. The molecule has 110 valence electrons. The minimum absolute atomic E-state index is 0.0533. The number of rotatable bonds is 5. The monoisotopic (exact) mass is 297 g/mol. The molecule has 0 radical (unpaired) electrons. The van der Waals surface area contributed by atoms with Crippen LogP contribution in [-0.4, -0.2) is 32.4 Å². The Balaban J connectivity index is 2.03. The summed E-state index contributed by atoms with van der Waals surface area (Å²) in [5.41, 5.74) is 1.95. The molecule has 1 N–H and O–H groups in total. The Hall–Kier alpha value is -3.22. The van der Waals surface area contributed by atoms with Crippen LogP contribution < -0.4 is 0 Å². The molecule has 0 bridgehead atoms. The molecule has 22 heavy (non-hydrogen) atoms. The van der Waals surface area contributed by atoms with Gasteiger partial charge < -0.3 is 9.52 Å². The van der Waals surface area contributed by atoms with E-state index in [1.54, 1.807) is 36.4 Å². The molecule has 3 rings (SSSR count). The number of hydrogen-bond acceptors (Lipinski definition) is 5. The summed E-state index contributed by atoms with van der Waals surface area (Å²) in [6.45, 7) is 0. The van der Waals surface area contributed by atoms with E-state index in [-0.39, 0.29) is 12.1 Å². The zero-order valence-electron chi connectivity index (χ0n) is 11.3. The third-order valence-electron chi connectivity index (χ3n) is 3.10. The number of benzene rings is 1. The standard InChI is InChI=1S/C15H11N3O4/c19-9-12-15(13-2-1-7-22-13)18(17-16-12)11-5-3-10(4-6-11)8-14(20)21/h1-7,9H,8H2,(H,20,21). The summed E-state index contributed by atoms with van der Waals surface area (Å²) in [5, 5.41) is 16.6. The van der Waals surface area contributed by atoms with Gasteiger partial charge >= 0.3 is 5.97 Å². The first-order valence-electron chi connectivity index (χ1n) is 6.45. The minimum Gasteiger partial charge on any atom is -0.481 e. The second-order valence-corrected chi connectivity index (χ2v) is 4.57. The van der Waals surface area contributed by atoms with Crippen molar-refractivity contribution in [1.82, 2.24) is 15.0 Å². The van der Waals surface area contributed by atoms with Crippen LogP contribution in [0.3, 0.4) is 0 Å². The number of carboxylic acid groups (broad SMARTS) is 1. The molecule has 7 heteroatoms. The van der Waals surface area contributed by atoms with E-state index in [9.17, 15) is 9.59 Å². The van der Waals surface area contributed by atoms with Gasteiger partial charge in [0.05, 0.1) is 18.4 Å². The maximum atomic E-state index is 11.1. The lowest BCUT2D eigenvalue weighted by Gasteiger charge is -2.05. The summed E-state index contributed by atoms with van der Waals surface area (Å²) in [5.74, 6) is -0.422. The van der Waals surface area contributed by atoms with E-state index in [0.29, 0.717) is 29.0 Å². The Morgan fingerprint density at radius 3 is 2.64 bits per heavy atom. The molecule has 0 aliphatic carbocycles. The maximum absolute atomic E-state index is 11.1. The zero-order chi connectivity index (χ0) is 15.5. The highest BCUT2D eigenvalue weighted by molar-refractivity contribution is 5.82. The van der Waals surface area contributed by atoms with Crippen LogP contribution in [0.4, 0.5) is 0 Å². The van der Waals surface area contributed by atoms with Crippen LogP contribution in [-0.2, 0) is 11.2 Å². The quantitative estimate of drug-likeness (QED) is 0.723. The van der Waals surface area contributed by atoms with Crippen molar-refractivity contribution in [2.45, 2.75) is 6.42 Å². The third kappa shape index (κ3) is 2.51. The van der Waals surface area contributed by atoms with E-state index in [4.69, 9.17) is 9.52 Å².